The molecule has 3 nitrogen and oxygen atoms in total. The molecule has 0 aromatic heterocycles. The lowest BCUT2D eigenvalue weighted by Crippen LogP contribution is -2.12. The average Bonchev–Trinajstić information content (AvgIpc) is 2.57. The second kappa shape index (κ2) is 6.55. The summed E-state index contributed by atoms with van der Waals surface area (Å²) in [5.74, 6) is -0.226. The van der Waals surface area contributed by atoms with Crippen molar-refractivity contribution in [3.05, 3.63) is 83.4 Å². The van der Waals surface area contributed by atoms with Crippen LogP contribution in [0, 0.1) is 0 Å². The molecule has 0 saturated heterocycles. The van der Waals surface area contributed by atoms with Crippen LogP contribution in [-0.4, -0.2) is 5.91 Å². The first-order chi connectivity index (χ1) is 11.1. The van der Waals surface area contributed by atoms with Crippen LogP contribution in [0.2, 0.25) is 5.02 Å². The van der Waals surface area contributed by atoms with Gasteiger partial charge in [0.25, 0.3) is 5.91 Å². The maximum atomic E-state index is 12.2. The second-order valence-corrected chi connectivity index (χ2v) is 5.54. The van der Waals surface area contributed by atoms with E-state index in [1.54, 1.807) is 24.3 Å². The Kier molecular flexibility index (Phi) is 4.31. The van der Waals surface area contributed by atoms with Crippen molar-refractivity contribution >= 4 is 28.9 Å². The minimum Gasteiger partial charge on any atom is -0.399 e. The van der Waals surface area contributed by atoms with E-state index in [1.165, 1.54) is 0 Å². The van der Waals surface area contributed by atoms with Gasteiger partial charge in [-0.3, -0.25) is 4.79 Å². The summed E-state index contributed by atoms with van der Waals surface area (Å²) >= 11 is 6.03. The monoisotopic (exact) mass is 322 g/mol. The van der Waals surface area contributed by atoms with Gasteiger partial charge in [0.15, 0.2) is 0 Å². The van der Waals surface area contributed by atoms with Crippen LogP contribution in [0.1, 0.15) is 10.4 Å². The predicted octanol–water partition coefficient (Wildman–Crippen LogP) is 4.84. The third-order valence-electron chi connectivity index (χ3n) is 3.51. The zero-order valence-electron chi connectivity index (χ0n) is 12.3. The molecule has 0 fully saturated rings. The summed E-state index contributed by atoms with van der Waals surface area (Å²) in [7, 11) is 0. The lowest BCUT2D eigenvalue weighted by Gasteiger charge is -2.08. The topological polar surface area (TPSA) is 55.1 Å². The van der Waals surface area contributed by atoms with Crippen molar-refractivity contribution in [2.45, 2.75) is 0 Å². The number of amides is 1. The molecular formula is C19H15ClN2O. The normalized spacial score (nSPS) is 10.3. The molecule has 1 amide bonds. The van der Waals surface area contributed by atoms with Crippen LogP contribution in [0.4, 0.5) is 11.4 Å². The summed E-state index contributed by atoms with van der Waals surface area (Å²) in [5, 5.41) is 3.28. The van der Waals surface area contributed by atoms with Crippen molar-refractivity contribution in [3.63, 3.8) is 0 Å². The van der Waals surface area contributed by atoms with Gasteiger partial charge >= 0.3 is 0 Å². The first-order valence-corrected chi connectivity index (χ1v) is 7.53. The highest BCUT2D eigenvalue weighted by Crippen LogP contribution is 2.23. The molecule has 114 valence electrons. The van der Waals surface area contributed by atoms with Crippen LogP contribution in [0.5, 0.6) is 0 Å². The van der Waals surface area contributed by atoms with Crippen molar-refractivity contribution in [1.29, 1.82) is 0 Å². The predicted molar refractivity (Wildman–Crippen MR) is 95.7 cm³/mol. The summed E-state index contributed by atoms with van der Waals surface area (Å²) in [6, 6.07) is 22.2. The third kappa shape index (κ3) is 3.52. The molecule has 0 radical (unpaired) electrons. The third-order valence-corrected chi connectivity index (χ3v) is 3.83. The number of anilines is 2. The average molecular weight is 323 g/mol. The molecule has 0 bridgehead atoms. The minimum atomic E-state index is -0.226. The Morgan fingerprint density at radius 3 is 2.00 bits per heavy atom. The molecule has 0 aliphatic heterocycles. The van der Waals surface area contributed by atoms with Gasteiger partial charge in [-0.15, -0.1) is 0 Å². The maximum Gasteiger partial charge on any atom is 0.257 e. The van der Waals surface area contributed by atoms with Crippen molar-refractivity contribution in [3.8, 4) is 11.1 Å². The van der Waals surface area contributed by atoms with Gasteiger partial charge in [-0.25, -0.2) is 0 Å². The number of nitrogens with two attached hydrogens (primary N) is 1. The number of benzene rings is 3. The fourth-order valence-corrected chi connectivity index (χ4v) is 2.49. The zero-order valence-corrected chi connectivity index (χ0v) is 13.0. The molecule has 3 aromatic rings. The first kappa shape index (κ1) is 15.1. The molecule has 3 aromatic carbocycles. The summed E-state index contributed by atoms with van der Waals surface area (Å²) in [6.45, 7) is 0. The van der Waals surface area contributed by atoms with E-state index in [2.05, 4.69) is 5.32 Å². The Balaban J connectivity index is 1.76. The van der Waals surface area contributed by atoms with Crippen molar-refractivity contribution in [2.75, 3.05) is 11.1 Å². The fourth-order valence-electron chi connectivity index (χ4n) is 2.27. The van der Waals surface area contributed by atoms with Crippen LogP contribution < -0.4 is 11.1 Å². The van der Waals surface area contributed by atoms with Gasteiger partial charge in [0.2, 0.25) is 0 Å². The van der Waals surface area contributed by atoms with E-state index in [1.807, 2.05) is 48.5 Å². The van der Waals surface area contributed by atoms with Gasteiger partial charge < -0.3 is 11.1 Å². The van der Waals surface area contributed by atoms with Crippen LogP contribution in [0.15, 0.2) is 72.8 Å². The van der Waals surface area contributed by atoms with Crippen LogP contribution in [0.3, 0.4) is 0 Å². The lowest BCUT2D eigenvalue weighted by atomic mass is 10.1. The molecular weight excluding hydrogens is 308 g/mol. The van der Waals surface area contributed by atoms with Crippen LogP contribution >= 0.6 is 11.6 Å². The highest BCUT2D eigenvalue weighted by molar-refractivity contribution is 6.34. The number of carbonyl (C=O) groups is 1. The van der Waals surface area contributed by atoms with Crippen molar-refractivity contribution in [1.82, 2.24) is 0 Å². The van der Waals surface area contributed by atoms with Gasteiger partial charge in [-0.1, -0.05) is 48.0 Å². The number of carbonyl (C=O) groups excluding carboxylic acids is 1. The number of nitrogen functional groups attached to an aromatic ring is 1. The summed E-state index contributed by atoms with van der Waals surface area (Å²) < 4.78 is 0. The van der Waals surface area contributed by atoms with E-state index < -0.39 is 0 Å². The molecule has 0 atom stereocenters. The summed E-state index contributed by atoms with van der Waals surface area (Å²) in [6.07, 6.45) is 0. The minimum absolute atomic E-state index is 0.226. The molecule has 0 spiro atoms. The summed E-state index contributed by atoms with van der Waals surface area (Å²) in [5.41, 5.74) is 9.73. The van der Waals surface area contributed by atoms with Crippen molar-refractivity contribution < 1.29 is 4.79 Å². The quantitative estimate of drug-likeness (QED) is 0.678. The molecule has 4 heteroatoms. The Labute approximate surface area is 139 Å². The second-order valence-electron chi connectivity index (χ2n) is 5.13. The van der Waals surface area contributed by atoms with Crippen LogP contribution in [0.25, 0.3) is 11.1 Å². The molecule has 0 aliphatic rings. The summed E-state index contributed by atoms with van der Waals surface area (Å²) in [4.78, 5) is 12.2. The smallest absolute Gasteiger partial charge is 0.257 e. The Morgan fingerprint density at radius 2 is 1.39 bits per heavy atom. The van der Waals surface area contributed by atoms with E-state index in [9.17, 15) is 4.79 Å². The largest absolute Gasteiger partial charge is 0.399 e. The molecule has 0 heterocycles. The van der Waals surface area contributed by atoms with E-state index >= 15 is 0 Å². The van der Waals surface area contributed by atoms with Crippen molar-refractivity contribution in [2.24, 2.45) is 0 Å². The standard InChI is InChI=1S/C19H15ClN2O/c20-18-4-2-1-3-17(18)19(23)22-16-11-7-14(8-12-16)13-5-9-15(21)10-6-13/h1-12H,21H2,(H,22,23). The SMILES string of the molecule is Nc1ccc(-c2ccc(NC(=O)c3ccccc3Cl)cc2)cc1. The van der Waals surface area contributed by atoms with E-state index in [0.29, 0.717) is 16.3 Å². The van der Waals surface area contributed by atoms with E-state index in [0.717, 1.165) is 16.8 Å². The molecule has 0 saturated carbocycles. The van der Waals surface area contributed by atoms with Gasteiger partial charge in [0, 0.05) is 11.4 Å². The molecule has 23 heavy (non-hydrogen) atoms. The molecule has 0 unspecified atom stereocenters. The lowest BCUT2D eigenvalue weighted by molar-refractivity contribution is 0.102. The fraction of sp³-hybridized carbons (Fsp3) is 0. The molecule has 3 N–H and O–H groups in total. The molecule has 0 aliphatic carbocycles. The highest BCUT2D eigenvalue weighted by atomic mass is 35.5. The number of hydrogen-bond acceptors (Lipinski definition) is 2. The Hall–Kier alpha value is -2.78. The molecule has 3 rings (SSSR count). The van der Waals surface area contributed by atoms with Crippen LogP contribution in [-0.2, 0) is 0 Å². The highest BCUT2D eigenvalue weighted by Gasteiger charge is 2.09. The Morgan fingerprint density at radius 1 is 0.826 bits per heavy atom. The Bertz CT molecular complexity index is 827. The number of rotatable bonds is 3. The van der Waals surface area contributed by atoms with E-state index in [4.69, 9.17) is 17.3 Å². The van der Waals surface area contributed by atoms with Gasteiger partial charge in [0.05, 0.1) is 10.6 Å². The number of halogens is 1. The first-order valence-electron chi connectivity index (χ1n) is 7.15. The maximum absolute atomic E-state index is 12.2. The van der Waals surface area contributed by atoms with Gasteiger partial charge in [-0.05, 0) is 47.5 Å². The van der Waals surface area contributed by atoms with E-state index in [-0.39, 0.29) is 5.91 Å². The number of nitrogens with one attached hydrogen (secondary N) is 1. The zero-order chi connectivity index (χ0) is 16.2. The number of hydrogen-bond donors (Lipinski definition) is 2. The van der Waals surface area contributed by atoms with Gasteiger partial charge in [-0.2, -0.15) is 0 Å². The van der Waals surface area contributed by atoms with Gasteiger partial charge in [0.1, 0.15) is 0 Å².